The lowest BCUT2D eigenvalue weighted by atomic mass is 10.1. The highest BCUT2D eigenvalue weighted by atomic mass is 19.4. The predicted octanol–water partition coefficient (Wildman–Crippen LogP) is 3.18. The summed E-state index contributed by atoms with van der Waals surface area (Å²) in [6.45, 7) is -0.724. The van der Waals surface area contributed by atoms with Gasteiger partial charge in [0.1, 0.15) is 17.8 Å². The van der Waals surface area contributed by atoms with Crippen molar-refractivity contribution in [1.82, 2.24) is 25.2 Å². The second-order valence-electron chi connectivity index (χ2n) is 7.39. The van der Waals surface area contributed by atoms with Crippen molar-refractivity contribution in [2.45, 2.75) is 12.7 Å². The predicted molar refractivity (Wildman–Crippen MR) is 120 cm³/mol. The van der Waals surface area contributed by atoms with Crippen LogP contribution in [0, 0.1) is 0 Å². The lowest BCUT2D eigenvalue weighted by molar-refractivity contribution is -0.139. The summed E-state index contributed by atoms with van der Waals surface area (Å²) in [5.74, 6) is -1.59. The molecule has 8 nitrogen and oxygen atoms in total. The summed E-state index contributed by atoms with van der Waals surface area (Å²) in [5.41, 5.74) is 3.47. The maximum absolute atomic E-state index is 12.9. The molecule has 0 radical (unpaired) electrons. The van der Waals surface area contributed by atoms with E-state index in [1.807, 2.05) is 24.3 Å². The zero-order valence-electron chi connectivity index (χ0n) is 18.0. The quantitative estimate of drug-likeness (QED) is 0.428. The van der Waals surface area contributed by atoms with E-state index in [-0.39, 0.29) is 5.56 Å². The zero-order chi connectivity index (χ0) is 25.0. The second kappa shape index (κ2) is 9.67. The third-order valence-electron chi connectivity index (χ3n) is 4.98. The van der Waals surface area contributed by atoms with E-state index in [0.29, 0.717) is 27.6 Å². The van der Waals surface area contributed by atoms with Gasteiger partial charge in [0.15, 0.2) is 0 Å². The summed E-state index contributed by atoms with van der Waals surface area (Å²) in [7, 11) is 0. The van der Waals surface area contributed by atoms with Gasteiger partial charge in [0, 0.05) is 18.0 Å². The van der Waals surface area contributed by atoms with Crippen molar-refractivity contribution < 1.29 is 22.8 Å². The minimum absolute atomic E-state index is 0.150. The number of aromatic nitrogens is 3. The molecule has 0 bridgehead atoms. The summed E-state index contributed by atoms with van der Waals surface area (Å²) < 4.78 is 40.9. The van der Waals surface area contributed by atoms with Gasteiger partial charge >= 0.3 is 6.18 Å². The molecule has 0 aliphatic heterocycles. The summed E-state index contributed by atoms with van der Waals surface area (Å²) in [6.07, 6.45) is -2.30. The van der Waals surface area contributed by atoms with Crippen LogP contribution in [0.1, 0.15) is 15.9 Å². The van der Waals surface area contributed by atoms with E-state index in [1.165, 1.54) is 10.9 Å². The summed E-state index contributed by atoms with van der Waals surface area (Å²) in [6, 6.07) is 19.6. The van der Waals surface area contributed by atoms with E-state index in [9.17, 15) is 27.6 Å². The highest BCUT2D eigenvalue weighted by Crippen LogP contribution is 2.26. The molecule has 178 valence electrons. The van der Waals surface area contributed by atoms with Crippen LogP contribution in [-0.2, 0) is 17.5 Å². The highest BCUT2D eigenvalue weighted by molar-refractivity contribution is 6.00. The van der Waals surface area contributed by atoms with E-state index in [4.69, 9.17) is 0 Å². The number of pyridine rings is 1. The molecule has 4 aromatic rings. The van der Waals surface area contributed by atoms with Gasteiger partial charge < -0.3 is 4.57 Å². The summed E-state index contributed by atoms with van der Waals surface area (Å²) in [5, 5.41) is 4.50. The molecule has 0 fully saturated rings. The van der Waals surface area contributed by atoms with Crippen LogP contribution in [0.15, 0.2) is 90.0 Å². The number of halogens is 3. The fourth-order valence-electron chi connectivity index (χ4n) is 3.33. The van der Waals surface area contributed by atoms with Gasteiger partial charge in [-0.2, -0.15) is 18.3 Å². The molecule has 0 atom stereocenters. The first-order valence-electron chi connectivity index (χ1n) is 10.3. The Bertz CT molecular complexity index is 1410. The van der Waals surface area contributed by atoms with Crippen molar-refractivity contribution in [1.29, 1.82) is 0 Å². The minimum atomic E-state index is -4.85. The fourth-order valence-corrected chi connectivity index (χ4v) is 3.33. The first-order valence-corrected chi connectivity index (χ1v) is 10.3. The summed E-state index contributed by atoms with van der Waals surface area (Å²) >= 11 is 0. The highest BCUT2D eigenvalue weighted by Gasteiger charge is 2.34. The van der Waals surface area contributed by atoms with Crippen molar-refractivity contribution in [2.75, 3.05) is 0 Å². The van der Waals surface area contributed by atoms with Gasteiger partial charge in [0.2, 0.25) is 0 Å². The van der Waals surface area contributed by atoms with E-state index < -0.39 is 35.7 Å². The van der Waals surface area contributed by atoms with E-state index in [2.05, 4.69) is 16.0 Å². The SMILES string of the molecule is O=C(Cn1cccc(C(F)(F)F)c1=O)NNC(=O)c1cn(-c2ccccc2)nc1-c1ccccc1. The maximum atomic E-state index is 12.9. The molecule has 2 amide bonds. The largest absolute Gasteiger partial charge is 0.421 e. The Hall–Kier alpha value is -4.67. The van der Waals surface area contributed by atoms with E-state index in [1.54, 1.807) is 36.4 Å². The molecule has 0 spiro atoms. The monoisotopic (exact) mass is 481 g/mol. The number of hydrazine groups is 1. The maximum Gasteiger partial charge on any atom is 0.421 e. The third-order valence-corrected chi connectivity index (χ3v) is 4.98. The topological polar surface area (TPSA) is 98.0 Å². The Morgan fingerprint density at radius 2 is 1.54 bits per heavy atom. The average Bonchev–Trinajstić information content (AvgIpc) is 3.30. The van der Waals surface area contributed by atoms with Crippen LogP contribution in [0.5, 0.6) is 0 Å². The number of hydrogen-bond donors (Lipinski definition) is 2. The van der Waals surface area contributed by atoms with Gasteiger partial charge in [0.05, 0.1) is 11.3 Å². The van der Waals surface area contributed by atoms with E-state index >= 15 is 0 Å². The van der Waals surface area contributed by atoms with Crippen molar-refractivity contribution in [3.05, 3.63) is 107 Å². The Kier molecular flexibility index (Phi) is 6.49. The number of amides is 2. The van der Waals surface area contributed by atoms with Gasteiger partial charge in [-0.3, -0.25) is 25.2 Å². The molecule has 2 aromatic carbocycles. The molecule has 2 aromatic heterocycles. The van der Waals surface area contributed by atoms with Crippen molar-refractivity contribution in [3.63, 3.8) is 0 Å². The molecular weight excluding hydrogens is 463 g/mol. The first-order chi connectivity index (χ1) is 16.7. The Morgan fingerprint density at radius 3 is 2.20 bits per heavy atom. The molecule has 0 saturated carbocycles. The van der Waals surface area contributed by atoms with Crippen LogP contribution in [0.25, 0.3) is 16.9 Å². The normalized spacial score (nSPS) is 11.2. The second-order valence-corrected chi connectivity index (χ2v) is 7.39. The Labute approximate surface area is 196 Å². The van der Waals surface area contributed by atoms with Gasteiger partial charge in [-0.1, -0.05) is 48.5 Å². The Balaban J connectivity index is 1.53. The van der Waals surface area contributed by atoms with Gasteiger partial charge in [-0.25, -0.2) is 4.68 Å². The van der Waals surface area contributed by atoms with E-state index in [0.717, 1.165) is 12.3 Å². The van der Waals surface area contributed by atoms with Crippen LogP contribution in [0.3, 0.4) is 0 Å². The molecule has 0 aliphatic rings. The number of nitrogens with zero attached hydrogens (tertiary/aromatic N) is 3. The number of carbonyl (C=O) groups is 2. The molecule has 4 rings (SSSR count). The fraction of sp³-hybridized carbons (Fsp3) is 0.0833. The molecule has 11 heteroatoms. The number of nitrogens with one attached hydrogen (secondary N) is 2. The molecule has 2 N–H and O–H groups in total. The number of para-hydroxylation sites is 1. The number of benzene rings is 2. The first kappa shape index (κ1) is 23.5. The van der Waals surface area contributed by atoms with Crippen LogP contribution < -0.4 is 16.4 Å². The number of carbonyl (C=O) groups excluding carboxylic acids is 2. The van der Waals surface area contributed by atoms with Crippen LogP contribution in [0.4, 0.5) is 13.2 Å². The van der Waals surface area contributed by atoms with Gasteiger partial charge in [-0.15, -0.1) is 0 Å². The molecule has 35 heavy (non-hydrogen) atoms. The summed E-state index contributed by atoms with van der Waals surface area (Å²) in [4.78, 5) is 37.2. The van der Waals surface area contributed by atoms with Crippen molar-refractivity contribution >= 4 is 11.8 Å². The van der Waals surface area contributed by atoms with Gasteiger partial charge in [0.25, 0.3) is 17.4 Å². The van der Waals surface area contributed by atoms with Crippen LogP contribution in [0.2, 0.25) is 0 Å². The standard InChI is InChI=1S/C24H18F3N5O3/c25-24(26,27)19-12-7-13-31(23(19)35)15-20(33)28-29-22(34)18-14-32(17-10-5-2-6-11-17)30-21(18)16-8-3-1-4-9-16/h1-14H,15H2,(H,28,33)(H,29,34). The molecule has 0 unspecified atom stereocenters. The van der Waals surface area contributed by atoms with Crippen molar-refractivity contribution in [3.8, 4) is 16.9 Å². The molecule has 0 aliphatic carbocycles. The molecule has 2 heterocycles. The average molecular weight is 481 g/mol. The third kappa shape index (κ3) is 5.29. The smallest absolute Gasteiger partial charge is 0.306 e. The number of alkyl halides is 3. The van der Waals surface area contributed by atoms with Gasteiger partial charge in [-0.05, 0) is 24.3 Å². The minimum Gasteiger partial charge on any atom is -0.306 e. The lowest BCUT2D eigenvalue weighted by Crippen LogP contribution is -2.44. The zero-order valence-corrected chi connectivity index (χ0v) is 18.0. The van der Waals surface area contributed by atoms with Crippen LogP contribution in [-0.4, -0.2) is 26.2 Å². The number of rotatable bonds is 5. The lowest BCUT2D eigenvalue weighted by Gasteiger charge is -2.11. The van der Waals surface area contributed by atoms with Crippen LogP contribution >= 0.6 is 0 Å². The van der Waals surface area contributed by atoms with Crippen molar-refractivity contribution in [2.24, 2.45) is 0 Å². The Morgan fingerprint density at radius 1 is 0.886 bits per heavy atom. The molecular formula is C24H18F3N5O3. The number of hydrogen-bond acceptors (Lipinski definition) is 4. The molecule has 0 saturated heterocycles.